The molecule has 1 fully saturated rings. The zero-order valence-electron chi connectivity index (χ0n) is 15.3. The Morgan fingerprint density at radius 1 is 1.18 bits per heavy atom. The van der Waals surface area contributed by atoms with E-state index in [2.05, 4.69) is 15.3 Å². The molecule has 1 saturated carbocycles. The molecular formula is C19H22F3N3OS2. The second kappa shape index (κ2) is 9.73. The lowest BCUT2D eigenvalue weighted by Crippen LogP contribution is -2.36. The van der Waals surface area contributed by atoms with Gasteiger partial charge in [-0.05, 0) is 30.4 Å². The fourth-order valence-electron chi connectivity index (χ4n) is 3.19. The molecule has 1 aliphatic carbocycles. The van der Waals surface area contributed by atoms with E-state index in [9.17, 15) is 18.0 Å². The standard InChI is InChI=1S/C19H22F3N3OS2/c20-19(21,22)16-11-14(15-9-6-10-27-15)24-18(25-16)28-12-17(26)23-13-7-4-2-1-3-5-8-13/h6,9-11,13H,1-5,7-8,12H2,(H,23,26). The van der Waals surface area contributed by atoms with Crippen molar-refractivity contribution in [2.45, 2.75) is 62.3 Å². The molecule has 2 aromatic heterocycles. The number of thioether (sulfide) groups is 1. The van der Waals surface area contributed by atoms with Gasteiger partial charge in [0.2, 0.25) is 5.91 Å². The van der Waals surface area contributed by atoms with Crippen LogP contribution in [0.3, 0.4) is 0 Å². The number of carbonyl (C=O) groups is 1. The van der Waals surface area contributed by atoms with Gasteiger partial charge in [0.05, 0.1) is 16.3 Å². The maximum atomic E-state index is 13.2. The summed E-state index contributed by atoms with van der Waals surface area (Å²) < 4.78 is 39.6. The summed E-state index contributed by atoms with van der Waals surface area (Å²) in [5.41, 5.74) is -0.769. The van der Waals surface area contributed by atoms with E-state index in [-0.39, 0.29) is 28.6 Å². The van der Waals surface area contributed by atoms with Crippen molar-refractivity contribution < 1.29 is 18.0 Å². The summed E-state index contributed by atoms with van der Waals surface area (Å²) >= 11 is 2.25. The first kappa shape index (κ1) is 21.1. The number of nitrogens with zero attached hydrogens (tertiary/aromatic N) is 2. The Labute approximate surface area is 170 Å². The first-order valence-electron chi connectivity index (χ1n) is 9.34. The van der Waals surface area contributed by atoms with Crippen molar-refractivity contribution in [1.82, 2.24) is 15.3 Å². The highest BCUT2D eigenvalue weighted by atomic mass is 32.2. The molecule has 152 valence electrons. The first-order valence-corrected chi connectivity index (χ1v) is 11.2. The van der Waals surface area contributed by atoms with Crippen LogP contribution in [-0.2, 0) is 11.0 Å². The Morgan fingerprint density at radius 2 is 1.89 bits per heavy atom. The van der Waals surface area contributed by atoms with E-state index in [0.29, 0.717) is 4.88 Å². The summed E-state index contributed by atoms with van der Waals surface area (Å²) in [6, 6.07) is 4.57. The van der Waals surface area contributed by atoms with Crippen LogP contribution in [0.15, 0.2) is 28.7 Å². The maximum Gasteiger partial charge on any atom is 0.433 e. The number of alkyl halides is 3. The second-order valence-corrected chi connectivity index (χ2v) is 8.68. The minimum absolute atomic E-state index is 0.00168. The lowest BCUT2D eigenvalue weighted by Gasteiger charge is -2.20. The van der Waals surface area contributed by atoms with Crippen molar-refractivity contribution in [2.75, 3.05) is 5.75 Å². The molecule has 0 atom stereocenters. The van der Waals surface area contributed by atoms with Crippen LogP contribution < -0.4 is 5.32 Å². The SMILES string of the molecule is O=C(CSc1nc(-c2cccs2)cc(C(F)(F)F)n1)NC1CCCCCCC1. The third-order valence-corrected chi connectivity index (χ3v) is 6.31. The fraction of sp³-hybridized carbons (Fsp3) is 0.526. The van der Waals surface area contributed by atoms with E-state index in [1.807, 2.05) is 0 Å². The number of thiophene rings is 1. The van der Waals surface area contributed by atoms with Crippen molar-refractivity contribution >= 4 is 29.0 Å². The van der Waals surface area contributed by atoms with Gasteiger partial charge in [-0.25, -0.2) is 9.97 Å². The van der Waals surface area contributed by atoms with Crippen molar-refractivity contribution in [3.8, 4) is 10.6 Å². The van der Waals surface area contributed by atoms with Crippen molar-refractivity contribution in [2.24, 2.45) is 0 Å². The topological polar surface area (TPSA) is 54.9 Å². The Balaban J connectivity index is 1.65. The van der Waals surface area contributed by atoms with E-state index in [4.69, 9.17) is 0 Å². The Hall–Kier alpha value is -1.61. The molecule has 9 heteroatoms. The summed E-state index contributed by atoms with van der Waals surface area (Å²) in [7, 11) is 0. The van der Waals surface area contributed by atoms with Crippen molar-refractivity contribution in [1.29, 1.82) is 0 Å². The van der Waals surface area contributed by atoms with E-state index >= 15 is 0 Å². The van der Waals surface area contributed by atoms with Gasteiger partial charge in [0.25, 0.3) is 0 Å². The molecular weight excluding hydrogens is 407 g/mol. The summed E-state index contributed by atoms with van der Waals surface area (Å²) in [6.07, 6.45) is 3.16. The summed E-state index contributed by atoms with van der Waals surface area (Å²) in [6.45, 7) is 0. The first-order chi connectivity index (χ1) is 13.4. The zero-order valence-corrected chi connectivity index (χ0v) is 16.9. The van der Waals surface area contributed by atoms with Crippen LogP contribution in [0.1, 0.15) is 50.6 Å². The monoisotopic (exact) mass is 429 g/mol. The number of hydrogen-bond donors (Lipinski definition) is 1. The highest BCUT2D eigenvalue weighted by molar-refractivity contribution is 7.99. The van der Waals surface area contributed by atoms with E-state index in [0.717, 1.165) is 43.5 Å². The molecule has 3 rings (SSSR count). The van der Waals surface area contributed by atoms with E-state index in [1.165, 1.54) is 30.6 Å². The highest BCUT2D eigenvalue weighted by Crippen LogP contribution is 2.33. The normalized spacial score (nSPS) is 16.4. The van der Waals surface area contributed by atoms with Gasteiger partial charge < -0.3 is 5.32 Å². The van der Waals surface area contributed by atoms with Crippen LogP contribution in [-0.4, -0.2) is 27.7 Å². The molecule has 0 unspecified atom stereocenters. The van der Waals surface area contributed by atoms with Gasteiger partial charge in [0.15, 0.2) is 5.16 Å². The molecule has 2 heterocycles. The van der Waals surface area contributed by atoms with Gasteiger partial charge in [-0.3, -0.25) is 4.79 Å². The summed E-state index contributed by atoms with van der Waals surface area (Å²) in [5, 5.41) is 4.75. The van der Waals surface area contributed by atoms with Gasteiger partial charge in [0.1, 0.15) is 5.69 Å². The summed E-state index contributed by atoms with van der Waals surface area (Å²) in [4.78, 5) is 20.7. The van der Waals surface area contributed by atoms with Gasteiger partial charge >= 0.3 is 6.18 Å². The molecule has 0 aromatic carbocycles. The molecule has 0 saturated heterocycles. The van der Waals surface area contributed by atoms with Crippen LogP contribution in [0.25, 0.3) is 10.6 Å². The average molecular weight is 430 g/mol. The number of rotatable bonds is 5. The van der Waals surface area contributed by atoms with E-state index in [1.54, 1.807) is 17.5 Å². The second-order valence-electron chi connectivity index (χ2n) is 6.79. The van der Waals surface area contributed by atoms with Crippen LogP contribution in [0.5, 0.6) is 0 Å². The summed E-state index contributed by atoms with van der Waals surface area (Å²) in [5.74, 6) is -0.184. The number of nitrogens with one attached hydrogen (secondary N) is 1. The van der Waals surface area contributed by atoms with Gasteiger partial charge in [-0.1, -0.05) is 49.9 Å². The molecule has 0 bridgehead atoms. The van der Waals surface area contributed by atoms with Crippen LogP contribution in [0.2, 0.25) is 0 Å². The largest absolute Gasteiger partial charge is 0.433 e. The minimum Gasteiger partial charge on any atom is -0.353 e. The van der Waals surface area contributed by atoms with Crippen molar-refractivity contribution in [3.63, 3.8) is 0 Å². The lowest BCUT2D eigenvalue weighted by atomic mass is 9.97. The van der Waals surface area contributed by atoms with Gasteiger partial charge in [-0.2, -0.15) is 13.2 Å². The third-order valence-electron chi connectivity index (χ3n) is 4.57. The Kier molecular flexibility index (Phi) is 7.34. The molecule has 28 heavy (non-hydrogen) atoms. The Bertz CT molecular complexity index is 773. The predicted octanol–water partition coefficient (Wildman–Crippen LogP) is 5.55. The Morgan fingerprint density at radius 3 is 2.54 bits per heavy atom. The zero-order chi connectivity index (χ0) is 20.0. The predicted molar refractivity (Wildman–Crippen MR) is 105 cm³/mol. The van der Waals surface area contributed by atoms with Crippen LogP contribution in [0.4, 0.5) is 13.2 Å². The fourth-order valence-corrected chi connectivity index (χ4v) is 4.54. The molecule has 0 aliphatic heterocycles. The number of carbonyl (C=O) groups excluding carboxylic acids is 1. The van der Waals surface area contributed by atoms with Gasteiger partial charge in [0, 0.05) is 6.04 Å². The molecule has 0 radical (unpaired) electrons. The molecule has 2 aromatic rings. The molecule has 0 spiro atoms. The minimum atomic E-state index is -4.56. The molecule has 1 amide bonds. The number of halogens is 3. The van der Waals surface area contributed by atoms with Crippen molar-refractivity contribution in [3.05, 3.63) is 29.3 Å². The van der Waals surface area contributed by atoms with Crippen LogP contribution in [0, 0.1) is 0 Å². The lowest BCUT2D eigenvalue weighted by molar-refractivity contribution is -0.141. The molecule has 4 nitrogen and oxygen atoms in total. The number of hydrogen-bond acceptors (Lipinski definition) is 5. The third kappa shape index (κ3) is 6.20. The molecule has 1 N–H and O–H groups in total. The van der Waals surface area contributed by atoms with Crippen LogP contribution >= 0.6 is 23.1 Å². The quantitative estimate of drug-likeness (QED) is 0.500. The highest BCUT2D eigenvalue weighted by Gasteiger charge is 2.34. The number of aromatic nitrogens is 2. The number of amides is 1. The van der Waals surface area contributed by atoms with E-state index < -0.39 is 11.9 Å². The smallest absolute Gasteiger partial charge is 0.353 e. The average Bonchev–Trinajstić information content (AvgIpc) is 3.16. The molecule has 1 aliphatic rings. The van der Waals surface area contributed by atoms with Gasteiger partial charge in [-0.15, -0.1) is 11.3 Å². The maximum absolute atomic E-state index is 13.2.